The Bertz CT molecular complexity index is 1480. The van der Waals surface area contributed by atoms with Crippen LogP contribution in [0.4, 0.5) is 13.2 Å². The number of amides is 1. The van der Waals surface area contributed by atoms with Crippen molar-refractivity contribution in [2.75, 3.05) is 0 Å². The topological polar surface area (TPSA) is 104 Å². The summed E-state index contributed by atoms with van der Waals surface area (Å²) >= 11 is 5.80. The number of nitrogens with zero attached hydrogens (tertiary/aromatic N) is 2. The number of aromatic nitrogens is 1. The average molecular weight is 502 g/mol. The smallest absolute Gasteiger partial charge is 0.416 e. The van der Waals surface area contributed by atoms with Gasteiger partial charge in [0, 0.05) is 21.7 Å². The van der Waals surface area contributed by atoms with E-state index in [0.717, 1.165) is 29.0 Å². The number of hydrazone groups is 1. The number of aromatic hydroxyl groups is 1. The highest BCUT2D eigenvalue weighted by molar-refractivity contribution is 6.30. The summed E-state index contributed by atoms with van der Waals surface area (Å²) in [6.45, 7) is 0. The molecule has 0 aliphatic rings. The molecule has 4 rings (SSSR count). The van der Waals surface area contributed by atoms with Crippen LogP contribution >= 0.6 is 11.6 Å². The van der Waals surface area contributed by atoms with Crippen molar-refractivity contribution in [2.45, 2.75) is 6.18 Å². The minimum absolute atomic E-state index is 0.0193. The van der Waals surface area contributed by atoms with Crippen LogP contribution in [0.1, 0.15) is 31.8 Å². The molecule has 0 aliphatic carbocycles. The van der Waals surface area contributed by atoms with Gasteiger partial charge in [-0.2, -0.15) is 18.3 Å². The molecule has 0 radical (unpaired) electrons. The summed E-state index contributed by atoms with van der Waals surface area (Å²) < 4.78 is 41.2. The van der Waals surface area contributed by atoms with Gasteiger partial charge in [0.05, 0.1) is 28.4 Å². The summed E-state index contributed by atoms with van der Waals surface area (Å²) in [7, 11) is 0. The third-order valence-corrected chi connectivity index (χ3v) is 5.38. The minimum Gasteiger partial charge on any atom is -0.494 e. The van der Waals surface area contributed by atoms with Crippen molar-refractivity contribution in [3.63, 3.8) is 0 Å². The van der Waals surface area contributed by atoms with E-state index in [1.54, 1.807) is 0 Å². The predicted octanol–water partition coefficient (Wildman–Crippen LogP) is 5.47. The molecule has 1 aromatic heterocycles. The van der Waals surface area contributed by atoms with Gasteiger partial charge in [0.25, 0.3) is 5.91 Å². The zero-order valence-electron chi connectivity index (χ0n) is 17.5. The van der Waals surface area contributed by atoms with E-state index in [1.165, 1.54) is 48.5 Å². The fraction of sp³-hybridized carbons (Fsp3) is 0.0417. The van der Waals surface area contributed by atoms with Gasteiger partial charge in [0.15, 0.2) is 0 Å². The molecular formula is C24H15ClF3N3O4. The van der Waals surface area contributed by atoms with Gasteiger partial charge in [0.2, 0.25) is 5.88 Å². The summed E-state index contributed by atoms with van der Waals surface area (Å²) in [6.07, 6.45) is -3.56. The number of hydrogen-bond donors (Lipinski definition) is 3. The van der Waals surface area contributed by atoms with Gasteiger partial charge in [-0.3, -0.25) is 9.36 Å². The molecule has 178 valence electrons. The molecule has 3 aromatic carbocycles. The van der Waals surface area contributed by atoms with Gasteiger partial charge in [0.1, 0.15) is 0 Å². The van der Waals surface area contributed by atoms with Crippen LogP contribution in [0, 0.1) is 0 Å². The van der Waals surface area contributed by atoms with Crippen molar-refractivity contribution in [3.8, 4) is 11.6 Å². The minimum atomic E-state index is -4.65. The van der Waals surface area contributed by atoms with Crippen LogP contribution in [0.15, 0.2) is 71.8 Å². The van der Waals surface area contributed by atoms with E-state index >= 15 is 0 Å². The molecule has 0 atom stereocenters. The van der Waals surface area contributed by atoms with Gasteiger partial charge < -0.3 is 10.2 Å². The first-order valence-electron chi connectivity index (χ1n) is 9.93. The molecule has 0 unspecified atom stereocenters. The molecule has 0 saturated carbocycles. The maximum atomic E-state index is 13.4. The number of nitrogens with one attached hydrogen (secondary N) is 1. The number of fused-ring (bicyclic) bond motifs is 1. The van der Waals surface area contributed by atoms with E-state index in [-0.39, 0.29) is 33.3 Å². The molecule has 3 N–H and O–H groups in total. The van der Waals surface area contributed by atoms with E-state index in [1.807, 2.05) is 0 Å². The Hall–Kier alpha value is -4.31. The molecule has 11 heteroatoms. The van der Waals surface area contributed by atoms with E-state index in [9.17, 15) is 33.0 Å². The summed E-state index contributed by atoms with van der Waals surface area (Å²) in [4.78, 5) is 23.6. The van der Waals surface area contributed by atoms with Crippen LogP contribution in [0.2, 0.25) is 5.02 Å². The Morgan fingerprint density at radius 2 is 1.71 bits per heavy atom. The van der Waals surface area contributed by atoms with Crippen LogP contribution < -0.4 is 5.43 Å². The first-order chi connectivity index (χ1) is 16.6. The first kappa shape index (κ1) is 23.8. The molecule has 0 fully saturated rings. The first-order valence-corrected chi connectivity index (χ1v) is 10.3. The van der Waals surface area contributed by atoms with Gasteiger partial charge >= 0.3 is 12.1 Å². The maximum absolute atomic E-state index is 13.4. The zero-order chi connectivity index (χ0) is 25.3. The Morgan fingerprint density at radius 1 is 1.00 bits per heavy atom. The van der Waals surface area contributed by atoms with Crippen LogP contribution in [0.5, 0.6) is 5.88 Å². The lowest BCUT2D eigenvalue weighted by molar-refractivity contribution is -0.137. The summed E-state index contributed by atoms with van der Waals surface area (Å²) in [6, 6.07) is 14.2. The van der Waals surface area contributed by atoms with Crippen LogP contribution in [0.25, 0.3) is 16.6 Å². The number of benzene rings is 3. The van der Waals surface area contributed by atoms with Gasteiger partial charge in [-0.15, -0.1) is 0 Å². The number of halogens is 4. The number of aromatic carboxylic acids is 1. The molecule has 1 amide bonds. The van der Waals surface area contributed by atoms with Crippen molar-refractivity contribution in [2.24, 2.45) is 5.10 Å². The molecule has 0 bridgehead atoms. The van der Waals surface area contributed by atoms with Crippen molar-refractivity contribution in [1.29, 1.82) is 0 Å². The third-order valence-electron chi connectivity index (χ3n) is 5.13. The molecule has 7 nitrogen and oxygen atoms in total. The van der Waals surface area contributed by atoms with Crippen LogP contribution in [0.3, 0.4) is 0 Å². The molecule has 4 aromatic rings. The fourth-order valence-electron chi connectivity index (χ4n) is 3.46. The largest absolute Gasteiger partial charge is 0.494 e. The van der Waals surface area contributed by atoms with Gasteiger partial charge in [-0.25, -0.2) is 10.2 Å². The van der Waals surface area contributed by atoms with E-state index in [4.69, 9.17) is 11.6 Å². The SMILES string of the molecule is O=C(O)c1cccc(-n2c(O)c(/C=N/NC(=O)c3ccc(Cl)cc3)c3ccc(C(F)(F)F)cc32)c1. The molecule has 0 spiro atoms. The summed E-state index contributed by atoms with van der Waals surface area (Å²) in [5.41, 5.74) is 1.56. The number of carbonyl (C=O) groups excluding carboxylic acids is 1. The molecule has 0 saturated heterocycles. The van der Waals surface area contributed by atoms with E-state index < -0.39 is 29.5 Å². The predicted molar refractivity (Wildman–Crippen MR) is 123 cm³/mol. The number of carboxylic acids is 1. The second kappa shape index (κ2) is 9.15. The average Bonchev–Trinajstić information content (AvgIpc) is 3.09. The van der Waals surface area contributed by atoms with Crippen molar-refractivity contribution in [1.82, 2.24) is 9.99 Å². The Kier molecular flexibility index (Phi) is 6.23. The molecular weight excluding hydrogens is 487 g/mol. The van der Waals surface area contributed by atoms with Crippen molar-refractivity contribution >= 4 is 40.6 Å². The lowest BCUT2D eigenvalue weighted by Gasteiger charge is -2.10. The lowest BCUT2D eigenvalue weighted by atomic mass is 10.1. The number of carbonyl (C=O) groups is 2. The molecule has 0 aliphatic heterocycles. The van der Waals surface area contributed by atoms with E-state index in [0.29, 0.717) is 5.02 Å². The monoisotopic (exact) mass is 501 g/mol. The number of carboxylic acid groups (broad SMARTS) is 1. The Balaban J connectivity index is 1.80. The zero-order valence-corrected chi connectivity index (χ0v) is 18.3. The number of hydrogen-bond acceptors (Lipinski definition) is 4. The third kappa shape index (κ3) is 4.82. The highest BCUT2D eigenvalue weighted by atomic mass is 35.5. The standard InChI is InChI=1S/C24H15ClF3N3O4/c25-16-7-4-13(5-8-16)21(32)30-29-12-19-18-9-6-15(24(26,27)28)11-20(18)31(22(19)33)17-3-1-2-14(10-17)23(34)35/h1-12,33H,(H,30,32)(H,34,35)/b29-12+. The second-order valence-corrected chi connectivity index (χ2v) is 7.80. The fourth-order valence-corrected chi connectivity index (χ4v) is 3.59. The van der Waals surface area contributed by atoms with Crippen LogP contribution in [-0.2, 0) is 6.18 Å². The highest BCUT2D eigenvalue weighted by Crippen LogP contribution is 2.37. The maximum Gasteiger partial charge on any atom is 0.416 e. The van der Waals surface area contributed by atoms with Crippen molar-refractivity contribution in [3.05, 3.63) is 94.0 Å². The number of rotatable bonds is 5. The highest BCUT2D eigenvalue weighted by Gasteiger charge is 2.31. The van der Waals surface area contributed by atoms with Gasteiger partial charge in [-0.05, 0) is 54.6 Å². The number of alkyl halides is 3. The van der Waals surface area contributed by atoms with E-state index in [2.05, 4.69) is 10.5 Å². The second-order valence-electron chi connectivity index (χ2n) is 7.36. The molecule has 35 heavy (non-hydrogen) atoms. The summed E-state index contributed by atoms with van der Waals surface area (Å²) in [5.74, 6) is -2.31. The van der Waals surface area contributed by atoms with Crippen molar-refractivity contribution < 1.29 is 33.0 Å². The summed E-state index contributed by atoms with van der Waals surface area (Å²) in [5, 5.41) is 24.7. The van der Waals surface area contributed by atoms with Crippen LogP contribution in [-0.4, -0.2) is 32.9 Å². The Morgan fingerprint density at radius 3 is 2.37 bits per heavy atom. The van der Waals surface area contributed by atoms with Gasteiger partial charge in [-0.1, -0.05) is 23.7 Å². The lowest BCUT2D eigenvalue weighted by Crippen LogP contribution is -2.17. The quantitative estimate of drug-likeness (QED) is 0.249. The molecule has 1 heterocycles. The normalized spacial score (nSPS) is 11.8. The Labute approximate surface area is 200 Å².